The number of carbonyl (C=O) groups excluding carboxylic acids is 2. The second kappa shape index (κ2) is 11.6. The SMILES string of the molecule is CC(C)(C)OC(=O)NCCCC(=O)CCCCOCc1ccccc1. The molecule has 5 nitrogen and oxygen atoms in total. The lowest BCUT2D eigenvalue weighted by molar-refractivity contribution is -0.119. The Balaban J connectivity index is 1.94. The molecule has 140 valence electrons. The molecule has 0 spiro atoms. The molecular weight excluding hydrogens is 318 g/mol. The van der Waals surface area contributed by atoms with Gasteiger partial charge in [-0.25, -0.2) is 4.79 Å². The first-order valence-electron chi connectivity index (χ1n) is 8.97. The third-order valence-electron chi connectivity index (χ3n) is 3.41. The number of alkyl carbamates (subject to hydrolysis) is 1. The fourth-order valence-electron chi connectivity index (χ4n) is 2.21. The molecule has 0 aliphatic rings. The highest BCUT2D eigenvalue weighted by Gasteiger charge is 2.15. The molecule has 0 radical (unpaired) electrons. The third-order valence-corrected chi connectivity index (χ3v) is 3.41. The van der Waals surface area contributed by atoms with Crippen LogP contribution in [0.15, 0.2) is 30.3 Å². The van der Waals surface area contributed by atoms with Gasteiger partial charge >= 0.3 is 6.09 Å². The van der Waals surface area contributed by atoms with Crippen molar-refractivity contribution in [1.29, 1.82) is 0 Å². The average molecular weight is 349 g/mol. The van der Waals surface area contributed by atoms with Gasteiger partial charge < -0.3 is 14.8 Å². The third kappa shape index (κ3) is 12.2. The molecule has 0 atom stereocenters. The lowest BCUT2D eigenvalue weighted by atomic mass is 10.1. The number of benzene rings is 1. The van der Waals surface area contributed by atoms with Crippen LogP contribution in [-0.2, 0) is 20.9 Å². The van der Waals surface area contributed by atoms with Crippen molar-refractivity contribution in [2.24, 2.45) is 0 Å². The standard InChI is InChI=1S/C20H31NO4/c1-20(2,3)25-19(23)21-14-9-13-18(22)12-7-8-15-24-16-17-10-5-4-6-11-17/h4-6,10-11H,7-9,12-16H2,1-3H3,(H,21,23). The van der Waals surface area contributed by atoms with Crippen molar-refractivity contribution >= 4 is 11.9 Å². The maximum absolute atomic E-state index is 11.8. The van der Waals surface area contributed by atoms with E-state index in [1.807, 2.05) is 51.1 Å². The summed E-state index contributed by atoms with van der Waals surface area (Å²) in [6.45, 7) is 7.20. The van der Waals surface area contributed by atoms with E-state index in [1.54, 1.807) is 0 Å². The lowest BCUT2D eigenvalue weighted by Gasteiger charge is -2.19. The normalized spacial score (nSPS) is 11.2. The van der Waals surface area contributed by atoms with Crippen molar-refractivity contribution in [2.75, 3.05) is 13.2 Å². The lowest BCUT2D eigenvalue weighted by Crippen LogP contribution is -2.33. The van der Waals surface area contributed by atoms with Crippen molar-refractivity contribution in [1.82, 2.24) is 5.32 Å². The number of rotatable bonds is 11. The number of ether oxygens (including phenoxy) is 2. The van der Waals surface area contributed by atoms with E-state index >= 15 is 0 Å². The number of amides is 1. The number of unbranched alkanes of at least 4 members (excludes halogenated alkanes) is 1. The smallest absolute Gasteiger partial charge is 0.407 e. The van der Waals surface area contributed by atoms with Gasteiger partial charge in [-0.3, -0.25) is 4.79 Å². The first kappa shape index (κ1) is 21.2. The number of hydrogen-bond acceptors (Lipinski definition) is 4. The molecule has 0 saturated carbocycles. The largest absolute Gasteiger partial charge is 0.444 e. The van der Waals surface area contributed by atoms with Crippen LogP contribution in [0.5, 0.6) is 0 Å². The van der Waals surface area contributed by atoms with Crippen LogP contribution in [0.3, 0.4) is 0 Å². The zero-order valence-corrected chi connectivity index (χ0v) is 15.7. The Labute approximate surface area is 151 Å². The van der Waals surface area contributed by atoms with Gasteiger partial charge in [0.25, 0.3) is 0 Å². The van der Waals surface area contributed by atoms with Gasteiger partial charge in [0.1, 0.15) is 11.4 Å². The van der Waals surface area contributed by atoms with E-state index in [0.29, 0.717) is 39.0 Å². The van der Waals surface area contributed by atoms with Gasteiger partial charge in [0.15, 0.2) is 0 Å². The molecular formula is C20H31NO4. The number of Topliss-reactive ketones (excluding diaryl/α,β-unsaturated/α-hetero) is 1. The van der Waals surface area contributed by atoms with E-state index < -0.39 is 11.7 Å². The van der Waals surface area contributed by atoms with Crippen LogP contribution in [0.4, 0.5) is 4.79 Å². The fraction of sp³-hybridized carbons (Fsp3) is 0.600. The van der Waals surface area contributed by atoms with Gasteiger partial charge in [0.2, 0.25) is 0 Å². The molecule has 0 aliphatic carbocycles. The van der Waals surface area contributed by atoms with Crippen LogP contribution in [0.25, 0.3) is 0 Å². The molecule has 0 bridgehead atoms. The molecule has 0 aliphatic heterocycles. The van der Waals surface area contributed by atoms with Gasteiger partial charge in [-0.05, 0) is 45.6 Å². The summed E-state index contributed by atoms with van der Waals surface area (Å²) < 4.78 is 10.7. The molecule has 1 aromatic rings. The molecule has 0 fully saturated rings. The first-order valence-corrected chi connectivity index (χ1v) is 8.97. The van der Waals surface area contributed by atoms with Gasteiger partial charge in [-0.15, -0.1) is 0 Å². The number of hydrogen-bond donors (Lipinski definition) is 1. The van der Waals surface area contributed by atoms with Crippen LogP contribution >= 0.6 is 0 Å². The van der Waals surface area contributed by atoms with E-state index in [2.05, 4.69) is 5.32 Å². The van der Waals surface area contributed by atoms with Crippen LogP contribution in [-0.4, -0.2) is 30.6 Å². The molecule has 0 heterocycles. The quantitative estimate of drug-likeness (QED) is 0.607. The van der Waals surface area contributed by atoms with E-state index in [-0.39, 0.29) is 5.78 Å². The highest BCUT2D eigenvalue weighted by atomic mass is 16.6. The van der Waals surface area contributed by atoms with Crippen LogP contribution in [0, 0.1) is 0 Å². The maximum atomic E-state index is 11.8. The molecule has 0 aromatic heterocycles. The average Bonchev–Trinajstić information content (AvgIpc) is 2.54. The van der Waals surface area contributed by atoms with Crippen LogP contribution in [0.1, 0.15) is 58.4 Å². The molecule has 0 saturated heterocycles. The highest BCUT2D eigenvalue weighted by molar-refractivity contribution is 5.78. The highest BCUT2D eigenvalue weighted by Crippen LogP contribution is 2.07. The van der Waals surface area contributed by atoms with Crippen molar-refractivity contribution in [3.05, 3.63) is 35.9 Å². The zero-order valence-electron chi connectivity index (χ0n) is 15.7. The Kier molecular flexibility index (Phi) is 9.85. The van der Waals surface area contributed by atoms with Crippen molar-refractivity contribution in [2.45, 2.75) is 65.1 Å². The summed E-state index contributed by atoms with van der Waals surface area (Å²) in [6.07, 6.45) is 2.99. The summed E-state index contributed by atoms with van der Waals surface area (Å²) >= 11 is 0. The summed E-state index contributed by atoms with van der Waals surface area (Å²) in [6, 6.07) is 10.0. The Morgan fingerprint density at radius 1 is 1.00 bits per heavy atom. The molecule has 1 amide bonds. The van der Waals surface area contributed by atoms with Gasteiger partial charge in [0.05, 0.1) is 6.61 Å². The molecule has 1 aromatic carbocycles. The van der Waals surface area contributed by atoms with Crippen molar-refractivity contribution in [3.8, 4) is 0 Å². The molecule has 1 N–H and O–H groups in total. The summed E-state index contributed by atoms with van der Waals surface area (Å²) in [4.78, 5) is 23.2. The monoisotopic (exact) mass is 349 g/mol. The molecule has 0 unspecified atom stereocenters. The first-order chi connectivity index (χ1) is 11.9. The summed E-state index contributed by atoms with van der Waals surface area (Å²) in [5.74, 6) is 0.231. The number of carbonyl (C=O) groups is 2. The van der Waals surface area contributed by atoms with Crippen LogP contribution in [0.2, 0.25) is 0 Å². The topological polar surface area (TPSA) is 64.6 Å². The van der Waals surface area contributed by atoms with Crippen molar-refractivity contribution < 1.29 is 19.1 Å². The van der Waals surface area contributed by atoms with Crippen molar-refractivity contribution in [3.63, 3.8) is 0 Å². The summed E-state index contributed by atoms with van der Waals surface area (Å²) in [5, 5.41) is 2.66. The Morgan fingerprint density at radius 3 is 2.36 bits per heavy atom. The minimum absolute atomic E-state index is 0.231. The minimum atomic E-state index is -0.498. The van der Waals surface area contributed by atoms with E-state index in [4.69, 9.17) is 9.47 Å². The van der Waals surface area contributed by atoms with Gasteiger partial charge in [-0.2, -0.15) is 0 Å². The minimum Gasteiger partial charge on any atom is -0.444 e. The summed E-state index contributed by atoms with van der Waals surface area (Å²) in [5.41, 5.74) is 0.665. The number of nitrogens with one attached hydrogen (secondary N) is 1. The fourth-order valence-corrected chi connectivity index (χ4v) is 2.21. The van der Waals surface area contributed by atoms with E-state index in [9.17, 15) is 9.59 Å². The van der Waals surface area contributed by atoms with Crippen LogP contribution < -0.4 is 5.32 Å². The summed E-state index contributed by atoms with van der Waals surface area (Å²) in [7, 11) is 0. The van der Waals surface area contributed by atoms with Gasteiger partial charge in [-0.1, -0.05) is 30.3 Å². The number of ketones is 1. The zero-order chi connectivity index (χ0) is 18.5. The Bertz CT molecular complexity index is 508. The molecule has 5 heteroatoms. The van der Waals surface area contributed by atoms with E-state index in [0.717, 1.165) is 18.4 Å². The predicted molar refractivity (Wildman–Crippen MR) is 98.4 cm³/mol. The maximum Gasteiger partial charge on any atom is 0.407 e. The second-order valence-corrected chi connectivity index (χ2v) is 7.07. The second-order valence-electron chi connectivity index (χ2n) is 7.07. The Hall–Kier alpha value is -1.88. The Morgan fingerprint density at radius 2 is 1.68 bits per heavy atom. The molecule has 25 heavy (non-hydrogen) atoms. The molecule has 1 rings (SSSR count). The van der Waals surface area contributed by atoms with E-state index in [1.165, 1.54) is 0 Å². The van der Waals surface area contributed by atoms with Gasteiger partial charge in [0, 0.05) is 26.0 Å². The predicted octanol–water partition coefficient (Wildman–Crippen LogP) is 4.25.